The number of nitrogens with one attached hydrogen (secondary N) is 1. The summed E-state index contributed by atoms with van der Waals surface area (Å²) < 4.78 is 0. The second-order valence-electron chi connectivity index (χ2n) is 1.20. The highest BCUT2D eigenvalue weighted by molar-refractivity contribution is 8.00. The third-order valence-corrected chi connectivity index (χ3v) is 1.55. The molecule has 1 aliphatic rings. The minimum Gasteiger partial charge on any atom is -0.373 e. The summed E-state index contributed by atoms with van der Waals surface area (Å²) >= 11 is 1.20. The van der Waals surface area contributed by atoms with Gasteiger partial charge in [-0.05, 0) is 0 Å². The van der Waals surface area contributed by atoms with Gasteiger partial charge in [-0.1, -0.05) is 11.8 Å². The van der Waals surface area contributed by atoms with Crippen molar-refractivity contribution in [2.45, 2.75) is 5.44 Å². The summed E-state index contributed by atoms with van der Waals surface area (Å²) in [5, 5.41) is 11.0. The van der Waals surface area contributed by atoms with Crippen molar-refractivity contribution in [1.29, 1.82) is 0 Å². The van der Waals surface area contributed by atoms with Crippen molar-refractivity contribution in [3.05, 3.63) is 0 Å². The molecule has 0 spiro atoms. The van der Waals surface area contributed by atoms with Crippen LogP contribution in [-0.2, 0) is 4.79 Å². The Bertz CT molecular complexity index is 94.9. The monoisotopic (exact) mass is 119 g/mol. The molecule has 4 heteroatoms. The predicted octanol–water partition coefficient (Wildman–Crippen LogP) is -0.875. The molecule has 0 aliphatic carbocycles. The van der Waals surface area contributed by atoms with Crippen LogP contribution in [-0.4, -0.2) is 22.3 Å². The Kier molecular flexibility index (Phi) is 1.21. The molecule has 0 aromatic rings. The molecule has 1 atom stereocenters. The summed E-state index contributed by atoms with van der Waals surface area (Å²) in [6, 6.07) is 0. The lowest BCUT2D eigenvalue weighted by Gasteiger charge is -1.88. The second-order valence-corrected chi connectivity index (χ2v) is 2.27. The number of aliphatic hydroxyl groups is 1. The minimum atomic E-state index is -0.819. The Morgan fingerprint density at radius 2 is 2.71 bits per heavy atom. The van der Waals surface area contributed by atoms with Gasteiger partial charge in [-0.15, -0.1) is 0 Å². The molecule has 40 valence electrons. The first-order valence-electron chi connectivity index (χ1n) is 1.88. The van der Waals surface area contributed by atoms with Crippen molar-refractivity contribution in [1.82, 2.24) is 5.32 Å². The SMILES string of the molecule is O=C1NCSC1O. The maximum Gasteiger partial charge on any atom is 0.260 e. The van der Waals surface area contributed by atoms with Gasteiger partial charge in [0.15, 0.2) is 5.44 Å². The maximum absolute atomic E-state index is 10.2. The van der Waals surface area contributed by atoms with Crippen LogP contribution in [0.3, 0.4) is 0 Å². The Balaban J connectivity index is 2.48. The number of hydrogen-bond acceptors (Lipinski definition) is 3. The van der Waals surface area contributed by atoms with Crippen LogP contribution in [0.1, 0.15) is 0 Å². The minimum absolute atomic E-state index is 0.273. The third kappa shape index (κ3) is 0.863. The molecular weight excluding hydrogens is 114 g/mol. The van der Waals surface area contributed by atoms with Crippen LogP contribution in [0, 0.1) is 0 Å². The van der Waals surface area contributed by atoms with Gasteiger partial charge in [0, 0.05) is 0 Å². The predicted molar refractivity (Wildman–Crippen MR) is 26.6 cm³/mol. The van der Waals surface area contributed by atoms with Crippen molar-refractivity contribution < 1.29 is 9.90 Å². The van der Waals surface area contributed by atoms with Crippen molar-refractivity contribution >= 4 is 17.7 Å². The molecule has 0 bridgehead atoms. The fraction of sp³-hybridized carbons (Fsp3) is 0.667. The average Bonchev–Trinajstić information content (AvgIpc) is 1.91. The van der Waals surface area contributed by atoms with Crippen LogP contribution in [0.2, 0.25) is 0 Å². The van der Waals surface area contributed by atoms with Gasteiger partial charge < -0.3 is 10.4 Å². The van der Waals surface area contributed by atoms with Crippen molar-refractivity contribution in [2.24, 2.45) is 0 Å². The number of carbonyl (C=O) groups is 1. The Morgan fingerprint density at radius 3 is 2.86 bits per heavy atom. The second kappa shape index (κ2) is 1.71. The van der Waals surface area contributed by atoms with E-state index < -0.39 is 5.44 Å². The number of carbonyl (C=O) groups excluding carboxylic acids is 1. The lowest BCUT2D eigenvalue weighted by molar-refractivity contribution is -0.124. The number of hydrogen-bond donors (Lipinski definition) is 2. The van der Waals surface area contributed by atoms with Crippen molar-refractivity contribution in [3.63, 3.8) is 0 Å². The van der Waals surface area contributed by atoms with Crippen LogP contribution >= 0.6 is 11.8 Å². The molecule has 1 rings (SSSR count). The molecule has 3 nitrogen and oxygen atoms in total. The van der Waals surface area contributed by atoms with Crippen LogP contribution in [0.4, 0.5) is 0 Å². The molecule has 1 saturated heterocycles. The molecular formula is C3H5NO2S. The van der Waals surface area contributed by atoms with Gasteiger partial charge in [0.25, 0.3) is 5.91 Å². The summed E-state index contributed by atoms with van der Waals surface area (Å²) in [7, 11) is 0. The summed E-state index contributed by atoms with van der Waals surface area (Å²) in [6.45, 7) is 0. The van der Waals surface area contributed by atoms with E-state index in [1.807, 2.05) is 0 Å². The average molecular weight is 119 g/mol. The molecule has 1 fully saturated rings. The quantitative estimate of drug-likeness (QED) is 0.435. The lowest BCUT2D eigenvalue weighted by atomic mass is 10.7. The molecule has 2 N–H and O–H groups in total. The summed E-state index contributed by atoms with van der Waals surface area (Å²) in [4.78, 5) is 10.2. The number of rotatable bonds is 0. The topological polar surface area (TPSA) is 49.3 Å². The van der Waals surface area contributed by atoms with Crippen molar-refractivity contribution in [3.8, 4) is 0 Å². The standard InChI is InChI=1S/C3H5NO2S/c5-2-3(6)7-1-4-2/h3,6H,1H2,(H,4,5). The highest BCUT2D eigenvalue weighted by Gasteiger charge is 2.20. The molecule has 0 radical (unpaired) electrons. The molecule has 1 amide bonds. The van der Waals surface area contributed by atoms with Gasteiger partial charge >= 0.3 is 0 Å². The third-order valence-electron chi connectivity index (χ3n) is 0.712. The van der Waals surface area contributed by atoms with Gasteiger partial charge in [-0.3, -0.25) is 4.79 Å². The Labute approximate surface area is 45.1 Å². The number of aliphatic hydroxyl groups excluding tert-OH is 1. The first-order valence-corrected chi connectivity index (χ1v) is 2.93. The zero-order valence-corrected chi connectivity index (χ0v) is 4.36. The van der Waals surface area contributed by atoms with Gasteiger partial charge in [0.2, 0.25) is 0 Å². The molecule has 7 heavy (non-hydrogen) atoms. The smallest absolute Gasteiger partial charge is 0.260 e. The maximum atomic E-state index is 10.2. The fourth-order valence-corrected chi connectivity index (χ4v) is 0.973. The van der Waals surface area contributed by atoms with E-state index in [1.165, 1.54) is 11.8 Å². The Hall–Kier alpha value is -0.220. The van der Waals surface area contributed by atoms with Crippen LogP contribution < -0.4 is 5.32 Å². The van der Waals surface area contributed by atoms with E-state index in [0.717, 1.165) is 0 Å². The number of amides is 1. The molecule has 0 saturated carbocycles. The van der Waals surface area contributed by atoms with E-state index in [-0.39, 0.29) is 5.91 Å². The van der Waals surface area contributed by atoms with Gasteiger partial charge in [0.1, 0.15) is 0 Å². The largest absolute Gasteiger partial charge is 0.373 e. The molecule has 1 aliphatic heterocycles. The summed E-state index contributed by atoms with van der Waals surface area (Å²) in [6.07, 6.45) is 0. The van der Waals surface area contributed by atoms with E-state index in [9.17, 15) is 4.79 Å². The van der Waals surface area contributed by atoms with Crippen molar-refractivity contribution in [2.75, 3.05) is 5.88 Å². The van der Waals surface area contributed by atoms with Gasteiger partial charge in [0.05, 0.1) is 5.88 Å². The molecule has 0 aromatic carbocycles. The lowest BCUT2D eigenvalue weighted by Crippen LogP contribution is -2.21. The van der Waals surface area contributed by atoms with E-state index in [4.69, 9.17) is 5.11 Å². The van der Waals surface area contributed by atoms with Crippen LogP contribution in [0.5, 0.6) is 0 Å². The highest BCUT2D eigenvalue weighted by Crippen LogP contribution is 2.11. The van der Waals surface area contributed by atoms with Gasteiger partial charge in [-0.25, -0.2) is 0 Å². The van der Waals surface area contributed by atoms with Crippen LogP contribution in [0.15, 0.2) is 0 Å². The van der Waals surface area contributed by atoms with E-state index in [0.29, 0.717) is 5.88 Å². The first-order chi connectivity index (χ1) is 3.30. The number of thioether (sulfide) groups is 1. The zero-order chi connectivity index (χ0) is 5.28. The van der Waals surface area contributed by atoms with E-state index >= 15 is 0 Å². The molecule has 0 aromatic heterocycles. The highest BCUT2D eigenvalue weighted by atomic mass is 32.2. The van der Waals surface area contributed by atoms with Crippen LogP contribution in [0.25, 0.3) is 0 Å². The zero-order valence-electron chi connectivity index (χ0n) is 3.55. The Morgan fingerprint density at radius 1 is 2.00 bits per heavy atom. The first kappa shape index (κ1) is 4.93. The van der Waals surface area contributed by atoms with Gasteiger partial charge in [-0.2, -0.15) is 0 Å². The summed E-state index contributed by atoms with van der Waals surface area (Å²) in [5.74, 6) is 0.269. The van der Waals surface area contributed by atoms with E-state index in [2.05, 4.69) is 5.32 Å². The molecule has 1 heterocycles. The normalized spacial score (nSPS) is 30.4. The van der Waals surface area contributed by atoms with E-state index in [1.54, 1.807) is 0 Å². The fourth-order valence-electron chi connectivity index (χ4n) is 0.355. The molecule has 1 unspecified atom stereocenters. The summed E-state index contributed by atoms with van der Waals surface area (Å²) in [5.41, 5.74) is -0.819.